The summed E-state index contributed by atoms with van der Waals surface area (Å²) >= 11 is 0. The highest BCUT2D eigenvalue weighted by atomic mass is 16.5. The third-order valence-electron chi connectivity index (χ3n) is 7.93. The Bertz CT molecular complexity index is 762. The molecule has 1 aromatic carbocycles. The standard InChI is InChI=1S/C37H66O3/c1-9-11-12-13-14-15-16-17-18-19-20-21-22-23-24-25-28-40-34(38)27-26-31-29-32(36(3,4)5)35(39-10-2)33(30-31)37(6,7)8/h29-30H,9-28H2,1-8H3. The van der Waals surface area contributed by atoms with E-state index in [1.54, 1.807) is 0 Å². The summed E-state index contributed by atoms with van der Waals surface area (Å²) in [6.45, 7) is 18.9. The summed E-state index contributed by atoms with van der Waals surface area (Å²) in [4.78, 5) is 12.5. The lowest BCUT2D eigenvalue weighted by Gasteiger charge is -2.30. The molecule has 3 heteroatoms. The van der Waals surface area contributed by atoms with E-state index < -0.39 is 0 Å². The number of rotatable bonds is 22. The van der Waals surface area contributed by atoms with Crippen LogP contribution in [-0.2, 0) is 26.8 Å². The van der Waals surface area contributed by atoms with E-state index in [1.165, 1.54) is 107 Å². The van der Waals surface area contributed by atoms with Gasteiger partial charge in [0.05, 0.1) is 13.2 Å². The van der Waals surface area contributed by atoms with Gasteiger partial charge in [0.15, 0.2) is 0 Å². The molecule has 0 bridgehead atoms. The first-order valence-electron chi connectivity index (χ1n) is 17.0. The molecule has 0 atom stereocenters. The Morgan fingerprint density at radius 3 is 1.40 bits per heavy atom. The van der Waals surface area contributed by atoms with Crippen LogP contribution in [0, 0.1) is 0 Å². The zero-order chi connectivity index (χ0) is 29.9. The second kappa shape index (κ2) is 20.4. The van der Waals surface area contributed by atoms with Gasteiger partial charge in [-0.1, -0.05) is 157 Å². The summed E-state index contributed by atoms with van der Waals surface area (Å²) in [7, 11) is 0. The SMILES string of the molecule is CCCCCCCCCCCCCCCCCCOC(=O)CCc1cc(C(C)(C)C)c(OCC)c(C(C)(C)C)c1. The second-order valence-corrected chi connectivity index (χ2v) is 14.0. The third kappa shape index (κ3) is 16.1. The lowest BCUT2D eigenvalue weighted by atomic mass is 9.78. The third-order valence-corrected chi connectivity index (χ3v) is 7.93. The number of aryl methyl sites for hydroxylation is 1. The van der Waals surface area contributed by atoms with Crippen molar-refractivity contribution in [2.75, 3.05) is 13.2 Å². The van der Waals surface area contributed by atoms with E-state index in [0.717, 1.165) is 18.6 Å². The number of hydrogen-bond donors (Lipinski definition) is 0. The fourth-order valence-corrected chi connectivity index (χ4v) is 5.40. The number of hydrogen-bond acceptors (Lipinski definition) is 3. The van der Waals surface area contributed by atoms with Gasteiger partial charge in [0.1, 0.15) is 5.75 Å². The van der Waals surface area contributed by atoms with E-state index in [1.807, 2.05) is 6.92 Å². The number of ether oxygens (including phenoxy) is 2. The fraction of sp³-hybridized carbons (Fsp3) is 0.811. The largest absolute Gasteiger partial charge is 0.493 e. The molecule has 0 aromatic heterocycles. The van der Waals surface area contributed by atoms with Crippen molar-refractivity contribution in [3.63, 3.8) is 0 Å². The van der Waals surface area contributed by atoms with Gasteiger partial charge in [0.2, 0.25) is 0 Å². The zero-order valence-electron chi connectivity index (χ0n) is 28.0. The molecule has 0 spiro atoms. The van der Waals surface area contributed by atoms with Crippen LogP contribution in [0.15, 0.2) is 12.1 Å². The molecule has 0 unspecified atom stereocenters. The van der Waals surface area contributed by atoms with Gasteiger partial charge >= 0.3 is 5.97 Å². The van der Waals surface area contributed by atoms with E-state index >= 15 is 0 Å². The summed E-state index contributed by atoms with van der Waals surface area (Å²) < 4.78 is 11.7. The van der Waals surface area contributed by atoms with Crippen LogP contribution in [0.25, 0.3) is 0 Å². The summed E-state index contributed by atoms with van der Waals surface area (Å²) in [5.74, 6) is 0.932. The van der Waals surface area contributed by atoms with Crippen molar-refractivity contribution >= 4 is 5.97 Å². The highest BCUT2D eigenvalue weighted by molar-refractivity contribution is 5.69. The van der Waals surface area contributed by atoms with Crippen molar-refractivity contribution in [3.8, 4) is 5.75 Å². The minimum Gasteiger partial charge on any atom is -0.493 e. The molecule has 0 fully saturated rings. The predicted octanol–water partition coefficient (Wildman–Crippen LogP) is 11.4. The Morgan fingerprint density at radius 2 is 1.02 bits per heavy atom. The first-order chi connectivity index (χ1) is 19.0. The molecule has 0 N–H and O–H groups in total. The lowest BCUT2D eigenvalue weighted by Crippen LogP contribution is -2.20. The highest BCUT2D eigenvalue weighted by Crippen LogP contribution is 2.41. The zero-order valence-corrected chi connectivity index (χ0v) is 28.0. The van der Waals surface area contributed by atoms with Gasteiger partial charge in [0, 0.05) is 17.5 Å². The van der Waals surface area contributed by atoms with Crippen LogP contribution in [0.3, 0.4) is 0 Å². The Kier molecular flexibility index (Phi) is 18.6. The van der Waals surface area contributed by atoms with Crippen molar-refractivity contribution in [1.29, 1.82) is 0 Å². The van der Waals surface area contributed by atoms with E-state index in [4.69, 9.17) is 9.47 Å². The first-order valence-corrected chi connectivity index (χ1v) is 17.0. The lowest BCUT2D eigenvalue weighted by molar-refractivity contribution is -0.143. The van der Waals surface area contributed by atoms with Crippen LogP contribution in [0.4, 0.5) is 0 Å². The van der Waals surface area contributed by atoms with Gasteiger partial charge in [-0.15, -0.1) is 0 Å². The fourth-order valence-electron chi connectivity index (χ4n) is 5.40. The molecule has 3 nitrogen and oxygen atoms in total. The van der Waals surface area contributed by atoms with Crippen molar-refractivity contribution in [2.45, 2.75) is 182 Å². The van der Waals surface area contributed by atoms with Gasteiger partial charge in [-0.05, 0) is 36.2 Å². The van der Waals surface area contributed by atoms with Crippen LogP contribution in [0.5, 0.6) is 5.75 Å². The maximum absolute atomic E-state index is 12.5. The normalized spacial score (nSPS) is 12.1. The van der Waals surface area contributed by atoms with Gasteiger partial charge < -0.3 is 9.47 Å². The molecule has 0 aliphatic carbocycles. The van der Waals surface area contributed by atoms with E-state index in [9.17, 15) is 4.79 Å². The topological polar surface area (TPSA) is 35.5 Å². The van der Waals surface area contributed by atoms with Gasteiger partial charge in [-0.25, -0.2) is 0 Å². The molecule has 1 rings (SSSR count). The van der Waals surface area contributed by atoms with Gasteiger partial charge in [-0.2, -0.15) is 0 Å². The van der Waals surface area contributed by atoms with Gasteiger partial charge in [-0.3, -0.25) is 4.79 Å². The maximum atomic E-state index is 12.5. The molecular weight excluding hydrogens is 492 g/mol. The van der Waals surface area contributed by atoms with Crippen molar-refractivity contribution in [3.05, 3.63) is 28.8 Å². The quantitative estimate of drug-likeness (QED) is 0.105. The van der Waals surface area contributed by atoms with Crippen molar-refractivity contribution < 1.29 is 14.3 Å². The average molecular weight is 559 g/mol. The number of benzene rings is 1. The van der Waals surface area contributed by atoms with Crippen LogP contribution in [-0.4, -0.2) is 19.2 Å². The Hall–Kier alpha value is -1.51. The average Bonchev–Trinajstić information content (AvgIpc) is 2.88. The molecule has 0 saturated heterocycles. The monoisotopic (exact) mass is 559 g/mol. The maximum Gasteiger partial charge on any atom is 0.306 e. The second-order valence-electron chi connectivity index (χ2n) is 14.0. The summed E-state index contributed by atoms with van der Waals surface area (Å²) in [5.41, 5.74) is 3.57. The Morgan fingerprint density at radius 1 is 0.625 bits per heavy atom. The van der Waals surface area contributed by atoms with E-state index in [2.05, 4.69) is 60.6 Å². The number of carbonyl (C=O) groups excluding carboxylic acids is 1. The minimum atomic E-state index is -0.0792. The molecule has 40 heavy (non-hydrogen) atoms. The summed E-state index contributed by atoms with van der Waals surface area (Å²) in [5, 5.41) is 0. The Labute approximate surface area is 249 Å². The molecule has 0 aliphatic rings. The molecule has 0 saturated carbocycles. The first kappa shape index (κ1) is 36.5. The molecule has 1 aromatic rings. The van der Waals surface area contributed by atoms with Crippen LogP contribution >= 0.6 is 0 Å². The van der Waals surface area contributed by atoms with Crippen molar-refractivity contribution in [1.82, 2.24) is 0 Å². The van der Waals surface area contributed by atoms with E-state index in [0.29, 0.717) is 26.1 Å². The number of esters is 1. The molecule has 0 aliphatic heterocycles. The highest BCUT2D eigenvalue weighted by Gasteiger charge is 2.27. The van der Waals surface area contributed by atoms with Gasteiger partial charge in [0.25, 0.3) is 0 Å². The van der Waals surface area contributed by atoms with E-state index in [-0.39, 0.29) is 16.8 Å². The van der Waals surface area contributed by atoms with Crippen LogP contribution in [0.2, 0.25) is 0 Å². The van der Waals surface area contributed by atoms with Crippen molar-refractivity contribution in [2.24, 2.45) is 0 Å². The Balaban J connectivity index is 2.23. The van der Waals surface area contributed by atoms with Crippen LogP contribution < -0.4 is 4.74 Å². The molecule has 0 radical (unpaired) electrons. The molecular formula is C37H66O3. The molecule has 232 valence electrons. The number of unbranched alkanes of at least 4 members (excludes halogenated alkanes) is 15. The minimum absolute atomic E-state index is 0.0335. The predicted molar refractivity (Wildman–Crippen MR) is 174 cm³/mol. The van der Waals surface area contributed by atoms with Crippen LogP contribution in [0.1, 0.15) is 181 Å². The smallest absolute Gasteiger partial charge is 0.306 e. The number of carbonyl (C=O) groups is 1. The summed E-state index contributed by atoms with van der Waals surface area (Å²) in [6.07, 6.45) is 22.7. The molecule has 0 heterocycles. The summed E-state index contributed by atoms with van der Waals surface area (Å²) in [6, 6.07) is 4.48. The molecule has 0 amide bonds.